The monoisotopic (exact) mass is 305 g/mol. The number of nitrogens with zero attached hydrogens (tertiary/aromatic N) is 3. The SMILES string of the molecule is CC(C)C(=O)C(c1ccccc1)(c1ccccc1)n1cncn1. The van der Waals surface area contributed by atoms with Crippen LogP contribution in [0.3, 0.4) is 0 Å². The highest BCUT2D eigenvalue weighted by atomic mass is 16.1. The Morgan fingerprint density at radius 1 is 0.957 bits per heavy atom. The topological polar surface area (TPSA) is 47.8 Å². The Hall–Kier alpha value is -2.75. The zero-order valence-corrected chi connectivity index (χ0v) is 13.3. The summed E-state index contributed by atoms with van der Waals surface area (Å²) in [4.78, 5) is 17.5. The molecule has 4 nitrogen and oxygen atoms in total. The molecule has 0 N–H and O–H groups in total. The van der Waals surface area contributed by atoms with Crippen LogP contribution >= 0.6 is 0 Å². The maximum Gasteiger partial charge on any atom is 0.172 e. The maximum atomic E-state index is 13.4. The zero-order chi connectivity index (χ0) is 16.3. The van der Waals surface area contributed by atoms with Crippen LogP contribution < -0.4 is 0 Å². The normalized spacial score (nSPS) is 11.6. The lowest BCUT2D eigenvalue weighted by Gasteiger charge is -2.35. The average Bonchev–Trinajstić information content (AvgIpc) is 3.12. The highest BCUT2D eigenvalue weighted by Gasteiger charge is 2.45. The minimum absolute atomic E-state index is 0.0837. The van der Waals surface area contributed by atoms with Crippen LogP contribution in [0.15, 0.2) is 73.3 Å². The van der Waals surface area contributed by atoms with Crippen LogP contribution in [0.2, 0.25) is 0 Å². The van der Waals surface area contributed by atoms with Gasteiger partial charge in [-0.05, 0) is 11.1 Å². The van der Waals surface area contributed by atoms with Gasteiger partial charge in [-0.1, -0.05) is 74.5 Å². The van der Waals surface area contributed by atoms with Gasteiger partial charge in [-0.25, -0.2) is 9.67 Å². The van der Waals surface area contributed by atoms with Crippen molar-refractivity contribution in [3.8, 4) is 0 Å². The Morgan fingerprint density at radius 2 is 1.48 bits per heavy atom. The fourth-order valence-corrected chi connectivity index (χ4v) is 2.99. The van der Waals surface area contributed by atoms with Gasteiger partial charge < -0.3 is 0 Å². The Morgan fingerprint density at radius 3 is 1.87 bits per heavy atom. The van der Waals surface area contributed by atoms with Crippen LogP contribution in [-0.2, 0) is 10.3 Å². The zero-order valence-electron chi connectivity index (χ0n) is 13.3. The smallest absolute Gasteiger partial charge is 0.172 e. The molecule has 0 atom stereocenters. The van der Waals surface area contributed by atoms with Crippen molar-refractivity contribution in [1.29, 1.82) is 0 Å². The molecule has 0 saturated carbocycles. The first kappa shape index (κ1) is 15.2. The number of benzene rings is 2. The van der Waals surface area contributed by atoms with E-state index in [1.54, 1.807) is 11.0 Å². The first-order chi connectivity index (χ1) is 11.2. The lowest BCUT2D eigenvalue weighted by Crippen LogP contribution is -2.46. The predicted molar refractivity (Wildman–Crippen MR) is 88.9 cm³/mol. The summed E-state index contributed by atoms with van der Waals surface area (Å²) in [5, 5.41) is 4.33. The van der Waals surface area contributed by atoms with Gasteiger partial charge in [-0.2, -0.15) is 5.10 Å². The van der Waals surface area contributed by atoms with Crippen LogP contribution in [0.5, 0.6) is 0 Å². The summed E-state index contributed by atoms with van der Waals surface area (Å²) in [6, 6.07) is 19.5. The predicted octanol–water partition coefficient (Wildman–Crippen LogP) is 3.30. The van der Waals surface area contributed by atoms with E-state index in [0.717, 1.165) is 11.1 Å². The molecule has 3 aromatic rings. The van der Waals surface area contributed by atoms with Gasteiger partial charge in [0, 0.05) is 5.92 Å². The van der Waals surface area contributed by atoms with E-state index in [2.05, 4.69) is 10.1 Å². The summed E-state index contributed by atoms with van der Waals surface area (Å²) in [6.07, 6.45) is 3.08. The van der Waals surface area contributed by atoms with E-state index in [0.29, 0.717) is 0 Å². The van der Waals surface area contributed by atoms with Crippen molar-refractivity contribution in [2.45, 2.75) is 19.4 Å². The first-order valence-electron chi connectivity index (χ1n) is 7.68. The first-order valence-corrected chi connectivity index (χ1v) is 7.68. The lowest BCUT2D eigenvalue weighted by atomic mass is 9.76. The highest BCUT2D eigenvalue weighted by molar-refractivity contribution is 5.95. The number of hydrogen-bond donors (Lipinski definition) is 0. The molecule has 4 heteroatoms. The van der Waals surface area contributed by atoms with Crippen LogP contribution in [0.1, 0.15) is 25.0 Å². The van der Waals surface area contributed by atoms with Crippen molar-refractivity contribution in [2.75, 3.05) is 0 Å². The second-order valence-electron chi connectivity index (χ2n) is 5.80. The Kier molecular flexibility index (Phi) is 4.06. The number of ketones is 1. The van der Waals surface area contributed by atoms with Crippen molar-refractivity contribution in [3.05, 3.63) is 84.4 Å². The van der Waals surface area contributed by atoms with Gasteiger partial charge in [-0.3, -0.25) is 4.79 Å². The minimum atomic E-state index is -1.01. The van der Waals surface area contributed by atoms with Gasteiger partial charge in [0.25, 0.3) is 0 Å². The summed E-state index contributed by atoms with van der Waals surface area (Å²) >= 11 is 0. The van der Waals surface area contributed by atoms with Crippen molar-refractivity contribution in [1.82, 2.24) is 14.8 Å². The van der Waals surface area contributed by atoms with E-state index in [1.165, 1.54) is 6.33 Å². The molecule has 2 aromatic carbocycles. The van der Waals surface area contributed by atoms with Crippen LogP contribution in [-0.4, -0.2) is 20.5 Å². The van der Waals surface area contributed by atoms with Crippen LogP contribution in [0.25, 0.3) is 0 Å². The standard InChI is InChI=1S/C19H19N3O/c1-15(2)18(23)19(22-14-20-13-21-22,16-9-5-3-6-10-16)17-11-7-4-8-12-17/h3-15H,1-2H3. The van der Waals surface area contributed by atoms with Crippen LogP contribution in [0, 0.1) is 5.92 Å². The molecule has 116 valence electrons. The summed E-state index contributed by atoms with van der Waals surface area (Å²) in [5.41, 5.74) is 0.763. The fraction of sp³-hybridized carbons (Fsp3) is 0.211. The molecule has 0 unspecified atom stereocenters. The molecule has 0 aliphatic rings. The molecule has 0 radical (unpaired) electrons. The van der Waals surface area contributed by atoms with Gasteiger partial charge in [0.05, 0.1) is 0 Å². The molecule has 3 rings (SSSR count). The molecule has 0 aliphatic heterocycles. The Balaban J connectivity index is 2.37. The van der Waals surface area contributed by atoms with E-state index >= 15 is 0 Å². The minimum Gasteiger partial charge on any atom is -0.296 e. The molecule has 0 amide bonds. The number of hydrogen-bond acceptors (Lipinski definition) is 3. The van der Waals surface area contributed by atoms with E-state index < -0.39 is 5.54 Å². The molecule has 23 heavy (non-hydrogen) atoms. The third-order valence-corrected chi connectivity index (χ3v) is 4.03. The Labute approximate surface area is 135 Å². The quantitative estimate of drug-likeness (QED) is 0.726. The van der Waals surface area contributed by atoms with Crippen LogP contribution in [0.4, 0.5) is 0 Å². The largest absolute Gasteiger partial charge is 0.296 e. The van der Waals surface area contributed by atoms with Gasteiger partial charge in [0.1, 0.15) is 12.7 Å². The number of rotatable bonds is 5. The number of aromatic nitrogens is 3. The number of carbonyl (C=O) groups is 1. The van der Waals surface area contributed by atoms with Gasteiger partial charge in [0.2, 0.25) is 0 Å². The summed E-state index contributed by atoms with van der Waals surface area (Å²) in [7, 11) is 0. The van der Waals surface area contributed by atoms with Crippen molar-refractivity contribution >= 4 is 5.78 Å². The molecule has 0 spiro atoms. The van der Waals surface area contributed by atoms with Gasteiger partial charge in [0.15, 0.2) is 11.3 Å². The molecule has 0 saturated heterocycles. The summed E-state index contributed by atoms with van der Waals surface area (Å²) in [6.45, 7) is 3.83. The molecular weight excluding hydrogens is 286 g/mol. The summed E-state index contributed by atoms with van der Waals surface area (Å²) < 4.78 is 1.67. The van der Waals surface area contributed by atoms with Gasteiger partial charge >= 0.3 is 0 Å². The van der Waals surface area contributed by atoms with Crippen molar-refractivity contribution < 1.29 is 4.79 Å². The third-order valence-electron chi connectivity index (χ3n) is 4.03. The van der Waals surface area contributed by atoms with Crippen molar-refractivity contribution in [2.24, 2.45) is 5.92 Å². The van der Waals surface area contributed by atoms with Gasteiger partial charge in [-0.15, -0.1) is 0 Å². The van der Waals surface area contributed by atoms with E-state index in [4.69, 9.17) is 0 Å². The molecule has 1 aromatic heterocycles. The fourth-order valence-electron chi connectivity index (χ4n) is 2.99. The average molecular weight is 305 g/mol. The van der Waals surface area contributed by atoms with E-state index in [1.807, 2.05) is 74.5 Å². The van der Waals surface area contributed by atoms with E-state index in [9.17, 15) is 4.79 Å². The second kappa shape index (κ2) is 6.16. The Bertz CT molecular complexity index is 725. The second-order valence-corrected chi connectivity index (χ2v) is 5.80. The number of Topliss-reactive ketones (excluding diaryl/α,β-unsaturated/α-hetero) is 1. The summed E-state index contributed by atoms with van der Waals surface area (Å²) in [5.74, 6) is -0.0694. The highest BCUT2D eigenvalue weighted by Crippen LogP contribution is 2.36. The third kappa shape index (κ3) is 2.46. The molecular formula is C19H19N3O. The number of carbonyl (C=O) groups excluding carboxylic acids is 1. The maximum absolute atomic E-state index is 13.4. The molecule has 1 heterocycles. The van der Waals surface area contributed by atoms with E-state index in [-0.39, 0.29) is 11.7 Å². The lowest BCUT2D eigenvalue weighted by molar-refractivity contribution is -0.127. The molecule has 0 aliphatic carbocycles. The van der Waals surface area contributed by atoms with Crippen molar-refractivity contribution in [3.63, 3.8) is 0 Å². The molecule has 0 bridgehead atoms. The molecule has 0 fully saturated rings.